The van der Waals surface area contributed by atoms with E-state index in [0.29, 0.717) is 17.4 Å². The average molecular weight is 1300 g/mol. The van der Waals surface area contributed by atoms with E-state index in [0.717, 1.165) is 122 Å². The second-order valence-electron chi connectivity index (χ2n) is 26.6. The standard InChI is InChI=1S/C82H144NO8P/c1-6-8-10-12-14-16-18-20-22-24-26-28-30-32-34-36-38-39-40-41-42-43-45-47-49-51-53-55-57-59-61-63-65-67-69-71-73-75-82(85)91-80(79-90-92(86,87)89-77-76-83(3,4)5)78-88-81(84)74-72-70-68-66-64-62-60-58-56-54-52-50-48-46-44-37-35-33-31-29-27-25-23-21-19-17-15-13-11-9-7-2/h8,10,14,16,20,22,26,28,32,34,38-39,41-42,45,47,51,53,57,59,80H,6-7,9,11-13,15,17-19,21,23-25,27,29-31,33,35-37,40,43-44,46,48-50,52,54-56,58,60-79H2,1-5H3/b10-8-,16-14-,22-20-,28-26-,34-32-,39-38-,42-41-,47-45-,53-51-,59-57-. The van der Waals surface area contributed by atoms with E-state index < -0.39 is 26.5 Å². The molecule has 10 heteroatoms. The first-order chi connectivity index (χ1) is 45.0. The van der Waals surface area contributed by atoms with E-state index in [2.05, 4.69) is 135 Å². The lowest BCUT2D eigenvalue weighted by Gasteiger charge is -2.28. The van der Waals surface area contributed by atoms with Crippen LogP contribution < -0.4 is 4.89 Å². The third kappa shape index (κ3) is 75.4. The molecule has 0 fully saturated rings. The zero-order valence-corrected chi connectivity index (χ0v) is 61.4. The minimum absolute atomic E-state index is 0.0381. The van der Waals surface area contributed by atoms with Crippen molar-refractivity contribution >= 4 is 19.8 Å². The van der Waals surface area contributed by atoms with E-state index in [1.165, 1.54) is 180 Å². The molecule has 0 saturated carbocycles. The van der Waals surface area contributed by atoms with Crippen LogP contribution in [0.4, 0.5) is 0 Å². The molecule has 0 aliphatic heterocycles. The van der Waals surface area contributed by atoms with E-state index >= 15 is 0 Å². The molecule has 0 N–H and O–H groups in total. The van der Waals surface area contributed by atoms with Crippen LogP contribution in [0, 0.1) is 0 Å². The molecule has 0 amide bonds. The van der Waals surface area contributed by atoms with Gasteiger partial charge >= 0.3 is 11.9 Å². The summed E-state index contributed by atoms with van der Waals surface area (Å²) in [4.78, 5) is 38.1. The number of carbonyl (C=O) groups excluding carboxylic acids is 2. The number of esters is 2. The fourth-order valence-electron chi connectivity index (χ4n) is 10.7. The van der Waals surface area contributed by atoms with Gasteiger partial charge in [0.2, 0.25) is 0 Å². The van der Waals surface area contributed by atoms with Crippen molar-refractivity contribution in [2.24, 2.45) is 0 Å². The largest absolute Gasteiger partial charge is 0.756 e. The minimum atomic E-state index is -4.66. The van der Waals surface area contributed by atoms with Gasteiger partial charge < -0.3 is 27.9 Å². The first-order valence-corrected chi connectivity index (χ1v) is 39.7. The summed E-state index contributed by atoms with van der Waals surface area (Å²) in [7, 11) is 1.15. The highest BCUT2D eigenvalue weighted by atomic mass is 31.2. The molecule has 2 atom stereocenters. The van der Waals surface area contributed by atoms with Gasteiger partial charge in [-0.3, -0.25) is 14.2 Å². The lowest BCUT2D eigenvalue weighted by molar-refractivity contribution is -0.870. The van der Waals surface area contributed by atoms with Gasteiger partial charge in [0.25, 0.3) is 7.82 Å². The third-order valence-electron chi connectivity index (χ3n) is 16.5. The Hall–Kier alpha value is -3.59. The number of nitrogens with zero attached hydrogens (tertiary/aromatic N) is 1. The number of allylic oxidation sites excluding steroid dienone is 20. The molecule has 0 heterocycles. The third-order valence-corrected chi connectivity index (χ3v) is 17.5. The van der Waals surface area contributed by atoms with Crippen LogP contribution in [0.5, 0.6) is 0 Å². The number of rotatable bonds is 70. The summed E-state index contributed by atoms with van der Waals surface area (Å²) >= 11 is 0. The van der Waals surface area contributed by atoms with Gasteiger partial charge in [-0.1, -0.05) is 354 Å². The van der Waals surface area contributed by atoms with Gasteiger partial charge in [-0.05, 0) is 89.9 Å². The molecular formula is C82H144NO8P. The Balaban J connectivity index is 4.07. The van der Waals surface area contributed by atoms with Crippen LogP contribution in [-0.2, 0) is 32.7 Å². The van der Waals surface area contributed by atoms with Crippen molar-refractivity contribution in [1.82, 2.24) is 0 Å². The van der Waals surface area contributed by atoms with Crippen molar-refractivity contribution < 1.29 is 42.1 Å². The quantitative estimate of drug-likeness (QED) is 0.0195. The summed E-state index contributed by atoms with van der Waals surface area (Å²) in [5.41, 5.74) is 0. The predicted molar refractivity (Wildman–Crippen MR) is 397 cm³/mol. The summed E-state index contributed by atoms with van der Waals surface area (Å²) in [5.74, 6) is -0.844. The van der Waals surface area contributed by atoms with Gasteiger partial charge in [0, 0.05) is 12.8 Å². The zero-order valence-electron chi connectivity index (χ0n) is 60.5. The van der Waals surface area contributed by atoms with Crippen LogP contribution in [-0.4, -0.2) is 70.0 Å². The number of hydrogen-bond acceptors (Lipinski definition) is 8. The highest BCUT2D eigenvalue weighted by Gasteiger charge is 2.22. The lowest BCUT2D eigenvalue weighted by Crippen LogP contribution is -2.37. The summed E-state index contributed by atoms with van der Waals surface area (Å²) in [6.45, 7) is 4.14. The van der Waals surface area contributed by atoms with Gasteiger partial charge in [0.05, 0.1) is 27.7 Å². The Morgan fingerprint density at radius 3 is 0.924 bits per heavy atom. The molecule has 9 nitrogen and oxygen atoms in total. The van der Waals surface area contributed by atoms with E-state index in [9.17, 15) is 19.0 Å². The minimum Gasteiger partial charge on any atom is -0.756 e. The molecule has 0 spiro atoms. The number of phosphoric acid groups is 1. The van der Waals surface area contributed by atoms with Crippen LogP contribution >= 0.6 is 7.82 Å². The Kier molecular flexibility index (Phi) is 68.9. The number of phosphoric ester groups is 1. The molecule has 2 unspecified atom stereocenters. The van der Waals surface area contributed by atoms with Crippen molar-refractivity contribution in [1.29, 1.82) is 0 Å². The second kappa shape index (κ2) is 71.7. The molecular weight excluding hydrogens is 1160 g/mol. The van der Waals surface area contributed by atoms with Crippen LogP contribution in [0.3, 0.4) is 0 Å². The Labute approximate surface area is 568 Å². The summed E-state index contributed by atoms with van der Waals surface area (Å²) in [6.07, 6.45) is 103. The molecule has 0 aliphatic rings. The van der Waals surface area contributed by atoms with E-state index in [1.807, 2.05) is 21.1 Å². The molecule has 530 valence electrons. The molecule has 0 aromatic rings. The average Bonchev–Trinajstić information content (AvgIpc) is 2.34. The van der Waals surface area contributed by atoms with Crippen molar-refractivity contribution in [3.8, 4) is 0 Å². The number of carbonyl (C=O) groups is 2. The van der Waals surface area contributed by atoms with Gasteiger partial charge in [0.1, 0.15) is 19.8 Å². The maximum atomic E-state index is 12.9. The van der Waals surface area contributed by atoms with Crippen LogP contribution in [0.25, 0.3) is 0 Å². The van der Waals surface area contributed by atoms with Gasteiger partial charge in [-0.25, -0.2) is 0 Å². The number of ether oxygens (including phenoxy) is 2. The highest BCUT2D eigenvalue weighted by Crippen LogP contribution is 2.38. The van der Waals surface area contributed by atoms with Crippen molar-refractivity contribution in [2.75, 3.05) is 47.5 Å². The van der Waals surface area contributed by atoms with E-state index in [1.54, 1.807) is 0 Å². The topological polar surface area (TPSA) is 111 Å². The fourth-order valence-corrected chi connectivity index (χ4v) is 11.4. The van der Waals surface area contributed by atoms with Crippen molar-refractivity contribution in [3.63, 3.8) is 0 Å². The number of quaternary nitrogens is 1. The normalized spacial score (nSPS) is 13.8. The monoisotopic (exact) mass is 1300 g/mol. The molecule has 0 aliphatic carbocycles. The van der Waals surface area contributed by atoms with Crippen molar-refractivity contribution in [3.05, 3.63) is 122 Å². The molecule has 0 radical (unpaired) electrons. The van der Waals surface area contributed by atoms with Crippen LogP contribution in [0.2, 0.25) is 0 Å². The Morgan fingerprint density at radius 2 is 0.620 bits per heavy atom. The first kappa shape index (κ1) is 88.4. The lowest BCUT2D eigenvalue weighted by atomic mass is 10.0. The SMILES string of the molecule is CC/C=C\C/C=C\C/C=C\C/C=C\C/C=C\C/C=C\C/C=C\C/C=C\C/C=C\C/C=C\CCCCCCCCC(=O)OC(COC(=O)CCCCCCCCCCCCCCCCCCCCCCCCCCCCCCCCC)COP(=O)([O-])OCC[N+](C)(C)C. The Morgan fingerprint density at radius 1 is 0.348 bits per heavy atom. The van der Waals surface area contributed by atoms with Crippen LogP contribution in [0.1, 0.15) is 335 Å². The number of unbranched alkanes of at least 4 members (excludes halogenated alkanes) is 36. The van der Waals surface area contributed by atoms with E-state index in [-0.39, 0.29) is 32.0 Å². The molecule has 0 aromatic carbocycles. The smallest absolute Gasteiger partial charge is 0.306 e. The predicted octanol–water partition coefficient (Wildman–Crippen LogP) is 24.8. The summed E-state index contributed by atoms with van der Waals surface area (Å²) in [6, 6.07) is 0. The molecule has 0 bridgehead atoms. The first-order valence-electron chi connectivity index (χ1n) is 38.2. The zero-order chi connectivity index (χ0) is 66.9. The Bertz CT molecular complexity index is 1970. The second-order valence-corrected chi connectivity index (χ2v) is 28.1. The van der Waals surface area contributed by atoms with Crippen molar-refractivity contribution in [2.45, 2.75) is 341 Å². The molecule has 92 heavy (non-hydrogen) atoms. The highest BCUT2D eigenvalue weighted by molar-refractivity contribution is 7.45. The van der Waals surface area contributed by atoms with E-state index in [4.69, 9.17) is 18.5 Å². The maximum Gasteiger partial charge on any atom is 0.306 e. The van der Waals surface area contributed by atoms with Gasteiger partial charge in [-0.15, -0.1) is 0 Å². The van der Waals surface area contributed by atoms with Crippen LogP contribution in [0.15, 0.2) is 122 Å². The molecule has 0 saturated heterocycles. The maximum absolute atomic E-state index is 12.9. The molecule has 0 aromatic heterocycles. The summed E-state index contributed by atoms with van der Waals surface area (Å²) < 4.78 is 34.4. The fraction of sp³-hybridized carbons (Fsp3) is 0.732. The van der Waals surface area contributed by atoms with Gasteiger partial charge in [0.15, 0.2) is 6.10 Å². The number of hydrogen-bond donors (Lipinski definition) is 0. The summed E-state index contributed by atoms with van der Waals surface area (Å²) in [5, 5.41) is 0. The molecule has 0 rings (SSSR count). The van der Waals surface area contributed by atoms with Gasteiger partial charge in [-0.2, -0.15) is 0 Å². The number of likely N-dealkylation sites (N-methyl/N-ethyl adjacent to an activating group) is 1.